The standard InChI is InChI=1S/C18H20FNO3/c1-22-16-8-4-14(5-9-16)18(21)20-12-2-3-13-23-17-10-6-15(19)7-11-17/h4-11H,2-3,12-13H2,1H3,(H,20,21). The lowest BCUT2D eigenvalue weighted by molar-refractivity contribution is 0.0952. The first-order chi connectivity index (χ1) is 11.2. The Kier molecular flexibility index (Phi) is 6.41. The molecule has 0 fully saturated rings. The molecular weight excluding hydrogens is 297 g/mol. The van der Waals surface area contributed by atoms with E-state index < -0.39 is 0 Å². The predicted molar refractivity (Wildman–Crippen MR) is 86.5 cm³/mol. The minimum atomic E-state index is -0.279. The second-order valence-corrected chi connectivity index (χ2v) is 4.99. The maximum absolute atomic E-state index is 12.7. The molecule has 0 saturated carbocycles. The quantitative estimate of drug-likeness (QED) is 0.759. The number of carbonyl (C=O) groups is 1. The summed E-state index contributed by atoms with van der Waals surface area (Å²) in [4.78, 5) is 11.9. The van der Waals surface area contributed by atoms with Crippen LogP contribution in [0.3, 0.4) is 0 Å². The number of hydrogen-bond acceptors (Lipinski definition) is 3. The number of halogens is 1. The van der Waals surface area contributed by atoms with E-state index in [9.17, 15) is 9.18 Å². The van der Waals surface area contributed by atoms with Crippen LogP contribution in [0, 0.1) is 5.82 Å². The molecule has 122 valence electrons. The molecule has 5 heteroatoms. The van der Waals surface area contributed by atoms with Crippen molar-refractivity contribution >= 4 is 5.91 Å². The number of nitrogens with one attached hydrogen (secondary N) is 1. The van der Waals surface area contributed by atoms with E-state index in [0.717, 1.165) is 18.6 Å². The number of carbonyl (C=O) groups excluding carboxylic acids is 1. The third-order valence-corrected chi connectivity index (χ3v) is 3.29. The van der Waals surface area contributed by atoms with Crippen LogP contribution in [0.15, 0.2) is 48.5 Å². The Morgan fingerprint density at radius 3 is 2.30 bits per heavy atom. The lowest BCUT2D eigenvalue weighted by atomic mass is 10.2. The molecular formula is C18H20FNO3. The van der Waals surface area contributed by atoms with Crippen molar-refractivity contribution in [1.29, 1.82) is 0 Å². The molecule has 0 bridgehead atoms. The van der Waals surface area contributed by atoms with Gasteiger partial charge in [0.05, 0.1) is 13.7 Å². The molecule has 0 aliphatic rings. The molecule has 2 aromatic rings. The molecule has 23 heavy (non-hydrogen) atoms. The van der Waals surface area contributed by atoms with Crippen molar-refractivity contribution in [3.05, 3.63) is 59.9 Å². The Balaban J connectivity index is 1.61. The third-order valence-electron chi connectivity index (χ3n) is 3.29. The van der Waals surface area contributed by atoms with Crippen LogP contribution in [-0.4, -0.2) is 26.2 Å². The summed E-state index contributed by atoms with van der Waals surface area (Å²) in [7, 11) is 1.59. The number of rotatable bonds is 8. The highest BCUT2D eigenvalue weighted by Crippen LogP contribution is 2.12. The third kappa shape index (κ3) is 5.62. The molecule has 0 aliphatic carbocycles. The van der Waals surface area contributed by atoms with Gasteiger partial charge < -0.3 is 14.8 Å². The fourth-order valence-corrected chi connectivity index (χ4v) is 1.99. The van der Waals surface area contributed by atoms with Gasteiger partial charge in [-0.1, -0.05) is 0 Å². The SMILES string of the molecule is COc1ccc(C(=O)NCCCCOc2ccc(F)cc2)cc1. The number of hydrogen-bond donors (Lipinski definition) is 1. The van der Waals surface area contributed by atoms with Crippen LogP contribution in [-0.2, 0) is 0 Å². The molecule has 1 amide bonds. The largest absolute Gasteiger partial charge is 0.497 e. The van der Waals surface area contributed by atoms with Gasteiger partial charge in [-0.15, -0.1) is 0 Å². The molecule has 4 nitrogen and oxygen atoms in total. The predicted octanol–water partition coefficient (Wildman–Crippen LogP) is 3.42. The summed E-state index contributed by atoms with van der Waals surface area (Å²) in [5.41, 5.74) is 0.605. The molecule has 0 radical (unpaired) electrons. The summed E-state index contributed by atoms with van der Waals surface area (Å²) in [5.74, 6) is 0.985. The number of benzene rings is 2. The van der Waals surface area contributed by atoms with Gasteiger partial charge in [0.2, 0.25) is 0 Å². The van der Waals surface area contributed by atoms with Crippen LogP contribution >= 0.6 is 0 Å². The van der Waals surface area contributed by atoms with Gasteiger partial charge in [-0.25, -0.2) is 4.39 Å². The summed E-state index contributed by atoms with van der Waals surface area (Å²) in [6.07, 6.45) is 1.61. The van der Waals surface area contributed by atoms with E-state index in [2.05, 4.69) is 5.32 Å². The van der Waals surface area contributed by atoms with Gasteiger partial charge in [0.1, 0.15) is 17.3 Å². The number of methoxy groups -OCH3 is 1. The number of amides is 1. The van der Waals surface area contributed by atoms with Crippen molar-refractivity contribution in [2.45, 2.75) is 12.8 Å². The lowest BCUT2D eigenvalue weighted by Crippen LogP contribution is -2.24. The summed E-state index contributed by atoms with van der Waals surface area (Å²) < 4.78 is 23.3. The minimum Gasteiger partial charge on any atom is -0.497 e. The van der Waals surface area contributed by atoms with Crippen molar-refractivity contribution < 1.29 is 18.7 Å². The summed E-state index contributed by atoms with van der Waals surface area (Å²) >= 11 is 0. The van der Waals surface area contributed by atoms with E-state index in [1.807, 2.05) is 0 Å². The van der Waals surface area contributed by atoms with Gasteiger partial charge in [-0.3, -0.25) is 4.79 Å². The maximum Gasteiger partial charge on any atom is 0.251 e. The molecule has 0 unspecified atom stereocenters. The Hall–Kier alpha value is -2.56. The highest BCUT2D eigenvalue weighted by atomic mass is 19.1. The Morgan fingerprint density at radius 1 is 1.00 bits per heavy atom. The molecule has 2 rings (SSSR count). The van der Waals surface area contributed by atoms with E-state index >= 15 is 0 Å². The van der Waals surface area contributed by atoms with Crippen molar-refractivity contribution in [3.63, 3.8) is 0 Å². The van der Waals surface area contributed by atoms with Gasteiger partial charge in [0, 0.05) is 12.1 Å². The molecule has 0 spiro atoms. The van der Waals surface area contributed by atoms with Crippen LogP contribution < -0.4 is 14.8 Å². The minimum absolute atomic E-state index is 0.105. The van der Waals surface area contributed by atoms with Crippen molar-refractivity contribution in [3.8, 4) is 11.5 Å². The van der Waals surface area contributed by atoms with E-state index in [4.69, 9.17) is 9.47 Å². The zero-order valence-electron chi connectivity index (χ0n) is 13.0. The van der Waals surface area contributed by atoms with E-state index in [1.54, 1.807) is 43.5 Å². The fraction of sp³-hybridized carbons (Fsp3) is 0.278. The number of ether oxygens (including phenoxy) is 2. The smallest absolute Gasteiger partial charge is 0.251 e. The first kappa shape index (κ1) is 16.8. The lowest BCUT2D eigenvalue weighted by Gasteiger charge is -2.07. The average molecular weight is 317 g/mol. The van der Waals surface area contributed by atoms with Crippen molar-refractivity contribution in [2.75, 3.05) is 20.3 Å². The van der Waals surface area contributed by atoms with Gasteiger partial charge in [-0.2, -0.15) is 0 Å². The van der Waals surface area contributed by atoms with Crippen LogP contribution in [0.2, 0.25) is 0 Å². The number of unbranched alkanes of at least 4 members (excludes halogenated alkanes) is 1. The Labute approximate surface area is 135 Å². The monoisotopic (exact) mass is 317 g/mol. The van der Waals surface area contributed by atoms with E-state index in [0.29, 0.717) is 24.5 Å². The van der Waals surface area contributed by atoms with Gasteiger partial charge in [0.15, 0.2) is 0 Å². The topological polar surface area (TPSA) is 47.6 Å². The van der Waals surface area contributed by atoms with E-state index in [1.165, 1.54) is 12.1 Å². The first-order valence-electron chi connectivity index (χ1n) is 7.49. The molecule has 0 aromatic heterocycles. The molecule has 0 atom stereocenters. The van der Waals surface area contributed by atoms with E-state index in [-0.39, 0.29) is 11.7 Å². The highest BCUT2D eigenvalue weighted by molar-refractivity contribution is 5.94. The van der Waals surface area contributed by atoms with Crippen LogP contribution in [0.25, 0.3) is 0 Å². The Bertz CT molecular complexity index is 611. The van der Waals surface area contributed by atoms with Crippen LogP contribution in [0.4, 0.5) is 4.39 Å². The normalized spacial score (nSPS) is 10.2. The second kappa shape index (κ2) is 8.78. The summed E-state index contributed by atoms with van der Waals surface area (Å²) in [6.45, 7) is 1.11. The van der Waals surface area contributed by atoms with Gasteiger partial charge in [-0.05, 0) is 61.4 Å². The molecule has 0 aliphatic heterocycles. The molecule has 0 heterocycles. The van der Waals surface area contributed by atoms with Gasteiger partial charge in [0.25, 0.3) is 5.91 Å². The summed E-state index contributed by atoms with van der Waals surface area (Å²) in [6, 6.07) is 12.9. The van der Waals surface area contributed by atoms with Crippen LogP contribution in [0.5, 0.6) is 11.5 Å². The molecule has 2 aromatic carbocycles. The zero-order valence-corrected chi connectivity index (χ0v) is 13.0. The molecule has 1 N–H and O–H groups in total. The van der Waals surface area contributed by atoms with Crippen LogP contribution in [0.1, 0.15) is 23.2 Å². The highest BCUT2D eigenvalue weighted by Gasteiger charge is 2.04. The fourth-order valence-electron chi connectivity index (χ4n) is 1.99. The Morgan fingerprint density at radius 2 is 1.65 bits per heavy atom. The second-order valence-electron chi connectivity index (χ2n) is 4.99. The maximum atomic E-state index is 12.7. The first-order valence-corrected chi connectivity index (χ1v) is 7.49. The van der Waals surface area contributed by atoms with Crippen molar-refractivity contribution in [1.82, 2.24) is 5.32 Å². The zero-order chi connectivity index (χ0) is 16.5. The average Bonchev–Trinajstić information content (AvgIpc) is 2.59. The summed E-state index contributed by atoms with van der Waals surface area (Å²) in [5, 5.41) is 2.86. The van der Waals surface area contributed by atoms with Gasteiger partial charge >= 0.3 is 0 Å². The van der Waals surface area contributed by atoms with Crippen molar-refractivity contribution in [2.24, 2.45) is 0 Å². The molecule has 0 saturated heterocycles.